The predicted octanol–water partition coefficient (Wildman–Crippen LogP) is 8.36. The van der Waals surface area contributed by atoms with Gasteiger partial charge in [0.05, 0.1) is 11.1 Å². The van der Waals surface area contributed by atoms with Crippen LogP contribution in [0.4, 0.5) is 0 Å². The summed E-state index contributed by atoms with van der Waals surface area (Å²) in [7, 11) is 0. The summed E-state index contributed by atoms with van der Waals surface area (Å²) >= 11 is 8.09. The van der Waals surface area contributed by atoms with E-state index >= 15 is 0 Å². The molecule has 6 rings (SSSR count). The average Bonchev–Trinajstić information content (AvgIpc) is 3.24. The largest absolute Gasteiger partial charge is 0.381 e. The van der Waals surface area contributed by atoms with Gasteiger partial charge in [0.1, 0.15) is 0 Å². The van der Waals surface area contributed by atoms with E-state index in [9.17, 15) is 0 Å². The van der Waals surface area contributed by atoms with Gasteiger partial charge in [-0.25, -0.2) is 0 Å². The summed E-state index contributed by atoms with van der Waals surface area (Å²) in [6, 6.07) is 52.5. The molecule has 174 valence electrons. The SMILES string of the molecule is BrB(Br)N1C(c2ccccc2)(c2ccccc2)c2ccccc2C1(c1ccccc1)c1ccccc1. The van der Waals surface area contributed by atoms with E-state index in [0.29, 0.717) is 0 Å². The topological polar surface area (TPSA) is 3.24 Å². The number of rotatable bonds is 5. The fraction of sp³-hybridized carbons (Fsp3) is 0.0625. The lowest BCUT2D eigenvalue weighted by Gasteiger charge is -2.49. The van der Waals surface area contributed by atoms with Gasteiger partial charge < -0.3 is 0 Å². The number of hydrogen-bond acceptors (Lipinski definition) is 1. The van der Waals surface area contributed by atoms with Gasteiger partial charge in [-0.05, 0) is 33.4 Å². The van der Waals surface area contributed by atoms with Crippen LogP contribution in [0.5, 0.6) is 0 Å². The minimum atomic E-state index is -0.567. The van der Waals surface area contributed by atoms with E-state index < -0.39 is 11.1 Å². The quantitative estimate of drug-likeness (QED) is 0.185. The Labute approximate surface area is 229 Å². The van der Waals surface area contributed by atoms with E-state index in [2.05, 4.69) is 182 Å². The zero-order valence-electron chi connectivity index (χ0n) is 19.6. The Kier molecular flexibility index (Phi) is 6.21. The van der Waals surface area contributed by atoms with Crippen LogP contribution in [0.2, 0.25) is 0 Å². The van der Waals surface area contributed by atoms with Crippen molar-refractivity contribution in [2.45, 2.75) is 11.1 Å². The van der Waals surface area contributed by atoms with Crippen molar-refractivity contribution in [2.75, 3.05) is 0 Å². The van der Waals surface area contributed by atoms with Crippen LogP contribution >= 0.6 is 31.5 Å². The van der Waals surface area contributed by atoms with Gasteiger partial charge in [-0.2, -0.15) is 0 Å². The second-order valence-corrected chi connectivity index (χ2v) is 12.0. The standard InChI is InChI=1S/C32H24BBr2N/c34-33(35)36-31(25-15-5-1-6-16-25,26-17-7-2-8-18-26)29-23-13-14-24-30(29)32(36,27-19-9-3-10-20-27)28-21-11-4-12-22-28/h1-24H. The van der Waals surface area contributed by atoms with Crippen molar-refractivity contribution in [3.8, 4) is 0 Å². The first-order valence-electron chi connectivity index (χ1n) is 12.1. The highest BCUT2D eigenvalue weighted by atomic mass is 79.9. The molecule has 5 aromatic carbocycles. The van der Waals surface area contributed by atoms with E-state index in [-0.39, 0.29) is 4.50 Å². The maximum atomic E-state index is 4.04. The molecule has 0 N–H and O–H groups in total. The second kappa shape index (κ2) is 9.51. The molecule has 36 heavy (non-hydrogen) atoms. The highest BCUT2D eigenvalue weighted by Gasteiger charge is 2.63. The molecule has 1 aliphatic rings. The zero-order chi connectivity index (χ0) is 24.6. The Morgan fingerprint density at radius 1 is 0.389 bits per heavy atom. The number of halogens is 2. The van der Waals surface area contributed by atoms with Crippen LogP contribution < -0.4 is 0 Å². The van der Waals surface area contributed by atoms with Crippen LogP contribution in [0.15, 0.2) is 146 Å². The number of hydrogen-bond donors (Lipinski definition) is 0. The van der Waals surface area contributed by atoms with E-state index in [0.717, 1.165) is 0 Å². The van der Waals surface area contributed by atoms with Crippen molar-refractivity contribution < 1.29 is 0 Å². The summed E-state index contributed by atoms with van der Waals surface area (Å²) in [6.07, 6.45) is 0. The van der Waals surface area contributed by atoms with Gasteiger partial charge in [-0.3, -0.25) is 4.81 Å². The van der Waals surface area contributed by atoms with Crippen LogP contribution in [0.25, 0.3) is 0 Å². The first-order valence-corrected chi connectivity index (χ1v) is 13.9. The lowest BCUT2D eigenvalue weighted by Crippen LogP contribution is -2.56. The molecular formula is C32H24BBr2N. The fourth-order valence-corrected chi connectivity index (χ4v) is 7.38. The molecule has 0 spiro atoms. The smallest absolute Gasteiger partial charge is 0.289 e. The third-order valence-electron chi connectivity index (χ3n) is 7.39. The van der Waals surface area contributed by atoms with Crippen molar-refractivity contribution in [1.29, 1.82) is 0 Å². The highest BCUT2D eigenvalue weighted by Crippen LogP contribution is 2.62. The summed E-state index contributed by atoms with van der Waals surface area (Å²) in [5, 5.41) is 0. The fourth-order valence-electron chi connectivity index (χ4n) is 6.15. The summed E-state index contributed by atoms with van der Waals surface area (Å²) in [5.74, 6) is 0. The average molecular weight is 593 g/mol. The molecule has 0 amide bonds. The van der Waals surface area contributed by atoms with Crippen molar-refractivity contribution >= 4 is 36.0 Å². The summed E-state index contributed by atoms with van der Waals surface area (Å²) < 4.78 is -0.154. The molecule has 1 nitrogen and oxygen atoms in total. The number of fused-ring (bicyclic) bond motifs is 1. The van der Waals surface area contributed by atoms with Crippen molar-refractivity contribution in [3.63, 3.8) is 0 Å². The molecule has 0 saturated heterocycles. The van der Waals surface area contributed by atoms with Gasteiger partial charge in [0.15, 0.2) is 0 Å². The number of nitrogens with zero attached hydrogens (tertiary/aromatic N) is 1. The van der Waals surface area contributed by atoms with Gasteiger partial charge in [-0.1, -0.05) is 146 Å². The molecule has 0 atom stereocenters. The monoisotopic (exact) mass is 591 g/mol. The van der Waals surface area contributed by atoms with Crippen LogP contribution in [-0.4, -0.2) is 9.31 Å². The second-order valence-electron chi connectivity index (χ2n) is 9.08. The van der Waals surface area contributed by atoms with Crippen molar-refractivity contribution in [1.82, 2.24) is 4.81 Å². The van der Waals surface area contributed by atoms with E-state index in [4.69, 9.17) is 0 Å². The molecule has 0 aromatic heterocycles. The van der Waals surface area contributed by atoms with Crippen molar-refractivity contribution in [3.05, 3.63) is 179 Å². The van der Waals surface area contributed by atoms with Crippen LogP contribution in [0.1, 0.15) is 33.4 Å². The van der Waals surface area contributed by atoms with Gasteiger partial charge >= 0.3 is 4.50 Å². The Morgan fingerprint density at radius 2 is 0.639 bits per heavy atom. The maximum Gasteiger partial charge on any atom is 0.381 e. The molecule has 1 aliphatic heterocycles. The number of benzene rings is 5. The molecular weight excluding hydrogens is 569 g/mol. The Hall–Kier alpha value is -2.92. The van der Waals surface area contributed by atoms with Gasteiger partial charge in [-0.15, -0.1) is 31.5 Å². The molecule has 0 aliphatic carbocycles. The highest BCUT2D eigenvalue weighted by molar-refractivity contribution is 9.48. The van der Waals surface area contributed by atoms with E-state index in [1.54, 1.807) is 0 Å². The van der Waals surface area contributed by atoms with Gasteiger partial charge in [0.25, 0.3) is 0 Å². The van der Waals surface area contributed by atoms with Gasteiger partial charge in [0.2, 0.25) is 0 Å². The molecule has 5 aromatic rings. The molecule has 4 heteroatoms. The Morgan fingerprint density at radius 3 is 0.889 bits per heavy atom. The summed E-state index contributed by atoms with van der Waals surface area (Å²) in [5.41, 5.74) is 6.31. The summed E-state index contributed by atoms with van der Waals surface area (Å²) in [6.45, 7) is 0. The van der Waals surface area contributed by atoms with Crippen LogP contribution in [0, 0.1) is 0 Å². The zero-order valence-corrected chi connectivity index (χ0v) is 22.8. The summed E-state index contributed by atoms with van der Waals surface area (Å²) in [4.78, 5) is 2.60. The minimum Gasteiger partial charge on any atom is -0.289 e. The predicted molar refractivity (Wildman–Crippen MR) is 157 cm³/mol. The first kappa shape index (κ1) is 23.5. The molecule has 0 saturated carbocycles. The van der Waals surface area contributed by atoms with Crippen LogP contribution in [0.3, 0.4) is 0 Å². The minimum absolute atomic E-state index is 0.154. The molecule has 1 heterocycles. The lowest BCUT2D eigenvalue weighted by atomic mass is 9.75. The molecule has 0 bridgehead atoms. The Bertz CT molecular complexity index is 1270. The van der Waals surface area contributed by atoms with Gasteiger partial charge in [0, 0.05) is 0 Å². The first-order chi connectivity index (χ1) is 17.7. The molecule has 0 unspecified atom stereocenters. The third kappa shape index (κ3) is 3.32. The lowest BCUT2D eigenvalue weighted by molar-refractivity contribution is 0.218. The van der Waals surface area contributed by atoms with E-state index in [1.807, 2.05) is 0 Å². The normalized spacial score (nSPS) is 15.8. The third-order valence-corrected chi connectivity index (χ3v) is 8.21. The Balaban J connectivity index is 1.85. The molecule has 0 radical (unpaired) electrons. The van der Waals surface area contributed by atoms with E-state index in [1.165, 1.54) is 33.4 Å². The maximum absolute atomic E-state index is 4.04. The van der Waals surface area contributed by atoms with Crippen LogP contribution in [-0.2, 0) is 11.1 Å². The van der Waals surface area contributed by atoms with Crippen molar-refractivity contribution in [2.24, 2.45) is 0 Å². The molecule has 0 fully saturated rings.